The maximum Gasteiger partial charge on any atom is 0.416 e. The van der Waals surface area contributed by atoms with Gasteiger partial charge in [0.25, 0.3) is 11.5 Å². The van der Waals surface area contributed by atoms with Crippen molar-refractivity contribution in [3.63, 3.8) is 0 Å². The van der Waals surface area contributed by atoms with Gasteiger partial charge in [-0.05, 0) is 37.0 Å². The molecule has 1 aliphatic rings. The minimum absolute atomic E-state index is 0.138. The first kappa shape index (κ1) is 21.8. The number of benzene rings is 1. The van der Waals surface area contributed by atoms with Crippen LogP contribution in [0.15, 0.2) is 47.5 Å². The summed E-state index contributed by atoms with van der Waals surface area (Å²) in [6.07, 6.45) is 0.158. The van der Waals surface area contributed by atoms with Crippen LogP contribution in [0, 0.1) is 5.92 Å². The minimum atomic E-state index is -4.49. The summed E-state index contributed by atoms with van der Waals surface area (Å²) in [7, 11) is 1.64. The van der Waals surface area contributed by atoms with Crippen molar-refractivity contribution < 1.29 is 23.1 Å². The molecule has 2 N–H and O–H groups in total. The van der Waals surface area contributed by atoms with Crippen molar-refractivity contribution in [3.05, 3.63) is 64.2 Å². The smallest absolute Gasteiger partial charge is 0.394 e. The molecule has 0 aliphatic heterocycles. The Morgan fingerprint density at radius 2 is 1.97 bits per heavy atom. The number of halogens is 3. The lowest BCUT2D eigenvalue weighted by Gasteiger charge is -2.16. The molecule has 1 fully saturated rings. The average molecular weight is 447 g/mol. The molecule has 2 aromatic heterocycles. The first-order valence-corrected chi connectivity index (χ1v) is 9.90. The molecule has 0 saturated heterocycles. The third-order valence-corrected chi connectivity index (χ3v) is 5.30. The maximum absolute atomic E-state index is 13.0. The Morgan fingerprint density at radius 1 is 1.28 bits per heavy atom. The fourth-order valence-corrected chi connectivity index (χ4v) is 3.38. The monoisotopic (exact) mass is 447 g/mol. The van der Waals surface area contributed by atoms with Crippen molar-refractivity contribution in [2.75, 3.05) is 6.61 Å². The number of aliphatic hydroxyl groups is 1. The highest BCUT2D eigenvalue weighted by molar-refractivity contribution is 5.95. The van der Waals surface area contributed by atoms with Gasteiger partial charge in [0.15, 0.2) is 0 Å². The van der Waals surface area contributed by atoms with E-state index in [1.807, 2.05) is 0 Å². The van der Waals surface area contributed by atoms with Crippen molar-refractivity contribution in [2.24, 2.45) is 13.0 Å². The van der Waals surface area contributed by atoms with Crippen LogP contribution in [0.3, 0.4) is 0 Å². The van der Waals surface area contributed by atoms with Crippen molar-refractivity contribution in [3.8, 4) is 16.9 Å². The summed E-state index contributed by atoms with van der Waals surface area (Å²) in [5.74, 6) is -0.533. The lowest BCUT2D eigenvalue weighted by molar-refractivity contribution is -0.137. The largest absolute Gasteiger partial charge is 0.416 e. The normalized spacial score (nSPS) is 14.9. The number of amides is 1. The van der Waals surface area contributed by atoms with E-state index in [1.165, 1.54) is 35.3 Å². The fourth-order valence-electron chi connectivity index (χ4n) is 3.38. The van der Waals surface area contributed by atoms with Crippen LogP contribution in [-0.4, -0.2) is 43.2 Å². The van der Waals surface area contributed by atoms with Crippen molar-refractivity contribution in [2.45, 2.75) is 25.1 Å². The molecule has 168 valence electrons. The topological polar surface area (TPSA) is 102 Å². The zero-order valence-corrected chi connectivity index (χ0v) is 17.0. The van der Waals surface area contributed by atoms with Crippen LogP contribution in [0.1, 0.15) is 28.8 Å². The zero-order valence-electron chi connectivity index (χ0n) is 17.0. The molecule has 2 heterocycles. The first-order valence-electron chi connectivity index (χ1n) is 9.90. The van der Waals surface area contributed by atoms with Crippen molar-refractivity contribution >= 4 is 5.91 Å². The number of aromatic nitrogens is 4. The Kier molecular flexibility index (Phi) is 5.59. The molecule has 0 spiro atoms. The highest BCUT2D eigenvalue weighted by Gasteiger charge is 2.33. The maximum atomic E-state index is 13.0. The molecular weight excluding hydrogens is 427 g/mol. The Morgan fingerprint density at radius 3 is 2.50 bits per heavy atom. The lowest BCUT2D eigenvalue weighted by atomic mass is 10.1. The molecule has 3 aromatic rings. The molecule has 1 atom stereocenters. The Bertz CT molecular complexity index is 1200. The van der Waals surface area contributed by atoms with Gasteiger partial charge in [-0.2, -0.15) is 28.1 Å². The van der Waals surface area contributed by atoms with Gasteiger partial charge in [0.2, 0.25) is 0 Å². The minimum Gasteiger partial charge on any atom is -0.394 e. The van der Waals surface area contributed by atoms with Gasteiger partial charge in [0.1, 0.15) is 11.3 Å². The lowest BCUT2D eigenvalue weighted by Crippen LogP contribution is -2.42. The van der Waals surface area contributed by atoms with Crippen LogP contribution < -0.4 is 10.9 Å². The van der Waals surface area contributed by atoms with Crippen molar-refractivity contribution in [1.29, 1.82) is 0 Å². The predicted octanol–water partition coefficient (Wildman–Crippen LogP) is 2.15. The molecule has 1 amide bonds. The van der Waals surface area contributed by atoms with Crippen LogP contribution >= 0.6 is 0 Å². The highest BCUT2D eigenvalue weighted by Crippen LogP contribution is 2.33. The van der Waals surface area contributed by atoms with Crippen LogP contribution in [0.4, 0.5) is 13.2 Å². The van der Waals surface area contributed by atoms with Crippen LogP contribution in [0.25, 0.3) is 16.9 Å². The van der Waals surface area contributed by atoms with Crippen LogP contribution in [0.5, 0.6) is 0 Å². The quantitative estimate of drug-likeness (QED) is 0.603. The summed E-state index contributed by atoms with van der Waals surface area (Å²) in [6, 6.07) is 5.04. The number of aryl methyl sites for hydroxylation is 1. The number of carbonyl (C=O) groups excluding carboxylic acids is 1. The standard InChI is InChI=1S/C21H20F3N5O3/c1-28-10-15(9-25-28)29-20(32)16(19(31)26-18(11-30)13-2-3-13)8-17(27-29)12-4-6-14(7-5-12)21(22,23)24/h4-10,13,18,30H,2-3,11H2,1H3,(H,26,31)/t18-/m1/s1. The van der Waals surface area contributed by atoms with Gasteiger partial charge in [0.05, 0.1) is 36.3 Å². The Labute approximate surface area is 180 Å². The number of alkyl halides is 3. The van der Waals surface area contributed by atoms with Gasteiger partial charge in [-0.25, -0.2) is 0 Å². The summed E-state index contributed by atoms with van der Waals surface area (Å²) in [6.45, 7) is -0.260. The molecule has 4 rings (SSSR count). The molecule has 1 saturated carbocycles. The molecule has 32 heavy (non-hydrogen) atoms. The predicted molar refractivity (Wildman–Crippen MR) is 108 cm³/mol. The van der Waals surface area contributed by atoms with E-state index in [-0.39, 0.29) is 23.8 Å². The fraction of sp³-hybridized carbons (Fsp3) is 0.333. The average Bonchev–Trinajstić information content (AvgIpc) is 3.51. The number of aliphatic hydroxyl groups excluding tert-OH is 1. The van der Waals surface area contributed by atoms with Gasteiger partial charge >= 0.3 is 6.18 Å². The third kappa shape index (κ3) is 4.42. The van der Waals surface area contributed by atoms with E-state index in [9.17, 15) is 27.9 Å². The number of rotatable bonds is 6. The van der Waals surface area contributed by atoms with E-state index in [0.717, 1.165) is 29.7 Å². The number of nitrogens with one attached hydrogen (secondary N) is 1. The van der Waals surface area contributed by atoms with E-state index >= 15 is 0 Å². The van der Waals surface area contributed by atoms with Crippen LogP contribution in [-0.2, 0) is 13.2 Å². The van der Waals surface area contributed by atoms with E-state index in [1.54, 1.807) is 7.05 Å². The zero-order chi connectivity index (χ0) is 23.0. The second-order valence-electron chi connectivity index (χ2n) is 7.71. The summed E-state index contributed by atoms with van der Waals surface area (Å²) in [5, 5.41) is 20.5. The highest BCUT2D eigenvalue weighted by atomic mass is 19.4. The van der Waals surface area contributed by atoms with E-state index < -0.39 is 29.2 Å². The Hall–Kier alpha value is -3.47. The first-order chi connectivity index (χ1) is 15.2. The molecule has 0 radical (unpaired) electrons. The molecule has 1 aliphatic carbocycles. The van der Waals surface area contributed by atoms with Gasteiger partial charge < -0.3 is 10.4 Å². The van der Waals surface area contributed by atoms with Gasteiger partial charge in [0, 0.05) is 12.6 Å². The molecule has 11 heteroatoms. The second-order valence-corrected chi connectivity index (χ2v) is 7.71. The molecule has 0 bridgehead atoms. The number of hydrogen-bond acceptors (Lipinski definition) is 5. The van der Waals surface area contributed by atoms with Crippen LogP contribution in [0.2, 0.25) is 0 Å². The summed E-state index contributed by atoms with van der Waals surface area (Å²) >= 11 is 0. The van der Waals surface area contributed by atoms with Crippen molar-refractivity contribution in [1.82, 2.24) is 24.9 Å². The molecule has 1 aromatic carbocycles. The molecule has 8 nitrogen and oxygen atoms in total. The van der Waals surface area contributed by atoms with E-state index in [2.05, 4.69) is 15.5 Å². The summed E-state index contributed by atoms with van der Waals surface area (Å²) in [5.41, 5.74) is -1.04. The summed E-state index contributed by atoms with van der Waals surface area (Å²) in [4.78, 5) is 25.9. The van der Waals surface area contributed by atoms with Gasteiger partial charge in [-0.3, -0.25) is 14.3 Å². The SMILES string of the molecule is Cn1cc(-n2nc(-c3ccc(C(F)(F)F)cc3)cc(C(=O)N[C@H](CO)C3CC3)c2=O)cn1. The van der Waals surface area contributed by atoms with Gasteiger partial charge in [-0.1, -0.05) is 12.1 Å². The second kappa shape index (κ2) is 8.23. The molecular formula is C21H20F3N5O3. The van der Waals surface area contributed by atoms with E-state index in [0.29, 0.717) is 11.3 Å². The molecule has 0 unspecified atom stereocenters. The number of carbonyl (C=O) groups is 1. The number of hydrogen-bond donors (Lipinski definition) is 2. The number of nitrogens with zero attached hydrogens (tertiary/aromatic N) is 4. The summed E-state index contributed by atoms with van der Waals surface area (Å²) < 4.78 is 41.2. The Balaban J connectivity index is 1.78. The van der Waals surface area contributed by atoms with Gasteiger partial charge in [-0.15, -0.1) is 0 Å². The third-order valence-electron chi connectivity index (χ3n) is 5.30. The van der Waals surface area contributed by atoms with E-state index in [4.69, 9.17) is 0 Å².